The summed E-state index contributed by atoms with van der Waals surface area (Å²) in [5.41, 5.74) is 11.4. The Bertz CT molecular complexity index is 2750. The normalized spacial score (nSPS) is 13.3. The van der Waals surface area contributed by atoms with Crippen LogP contribution in [0, 0.1) is 0 Å². The van der Waals surface area contributed by atoms with Crippen LogP contribution in [0.5, 0.6) is 0 Å². The van der Waals surface area contributed by atoms with Crippen molar-refractivity contribution in [1.82, 2.24) is 4.98 Å². The Kier molecular flexibility index (Phi) is 6.12. The number of nitrogens with zero attached hydrogens (tertiary/aromatic N) is 2. The maximum atomic E-state index is 4.74. The summed E-state index contributed by atoms with van der Waals surface area (Å²) in [5, 5.41) is 7.42. The number of anilines is 3. The van der Waals surface area contributed by atoms with Gasteiger partial charge in [-0.3, -0.25) is 0 Å². The molecule has 9 aromatic rings. The molecular weight excluding hydrogens is 613 g/mol. The van der Waals surface area contributed by atoms with Gasteiger partial charge in [-0.25, -0.2) is 4.98 Å². The number of aromatic nitrogens is 1. The summed E-state index contributed by atoms with van der Waals surface area (Å²) in [4.78, 5) is 8.25. The van der Waals surface area contributed by atoms with Crippen LogP contribution in [0.25, 0.3) is 64.1 Å². The number of pyridine rings is 1. The molecule has 0 aliphatic heterocycles. The van der Waals surface area contributed by atoms with E-state index in [-0.39, 0.29) is 5.41 Å². The number of benzene rings is 7. The summed E-state index contributed by atoms with van der Waals surface area (Å²) in [7, 11) is 0. The molecule has 0 spiro atoms. The first-order chi connectivity index (χ1) is 24.1. The second-order valence-electron chi connectivity index (χ2n) is 13.6. The smallest absolute Gasteiger partial charge is 0.124 e. The summed E-state index contributed by atoms with van der Waals surface area (Å²) in [6.07, 6.45) is 1.89. The maximum absolute atomic E-state index is 4.74. The molecule has 2 heterocycles. The summed E-state index contributed by atoms with van der Waals surface area (Å²) in [5.74, 6) is 0. The molecule has 1 aliphatic carbocycles. The minimum absolute atomic E-state index is 0.0776. The molecule has 232 valence electrons. The fourth-order valence-corrected chi connectivity index (χ4v) is 9.36. The molecule has 2 nitrogen and oxygen atoms in total. The number of hydrogen-bond acceptors (Lipinski definition) is 3. The molecule has 7 aromatic carbocycles. The Morgan fingerprint density at radius 2 is 1.24 bits per heavy atom. The quantitative estimate of drug-likeness (QED) is 0.189. The average molecular weight is 645 g/mol. The van der Waals surface area contributed by atoms with Crippen LogP contribution >= 0.6 is 11.3 Å². The summed E-state index contributed by atoms with van der Waals surface area (Å²) < 4.78 is 1.24. The molecule has 0 saturated heterocycles. The van der Waals surface area contributed by atoms with E-state index < -0.39 is 0 Å². The largest absolute Gasteiger partial charge is 0.310 e. The first-order valence-electron chi connectivity index (χ1n) is 16.9. The highest BCUT2D eigenvalue weighted by Gasteiger charge is 2.37. The summed E-state index contributed by atoms with van der Waals surface area (Å²) >= 11 is 1.77. The second kappa shape index (κ2) is 10.6. The molecule has 2 aromatic heterocycles. The molecule has 0 fully saturated rings. The zero-order valence-corrected chi connectivity index (χ0v) is 28.1. The van der Waals surface area contributed by atoms with Gasteiger partial charge in [-0.1, -0.05) is 123 Å². The van der Waals surface area contributed by atoms with Gasteiger partial charge < -0.3 is 4.90 Å². The molecule has 10 rings (SSSR count). The molecular formula is C46H32N2S. The molecule has 0 unspecified atom stereocenters. The lowest BCUT2D eigenvalue weighted by Crippen LogP contribution is -2.16. The second-order valence-corrected chi connectivity index (χ2v) is 14.6. The van der Waals surface area contributed by atoms with Gasteiger partial charge in [0, 0.05) is 43.8 Å². The molecule has 0 saturated carbocycles. The number of fused-ring (bicyclic) bond motifs is 9. The van der Waals surface area contributed by atoms with Crippen molar-refractivity contribution in [2.45, 2.75) is 19.3 Å². The van der Waals surface area contributed by atoms with Crippen LogP contribution in [-0.4, -0.2) is 4.98 Å². The minimum Gasteiger partial charge on any atom is -0.310 e. The van der Waals surface area contributed by atoms with Crippen LogP contribution in [0.2, 0.25) is 0 Å². The lowest BCUT2D eigenvalue weighted by atomic mass is 9.79. The molecule has 0 atom stereocenters. The highest BCUT2D eigenvalue weighted by atomic mass is 32.1. The van der Waals surface area contributed by atoms with E-state index in [1.807, 2.05) is 12.3 Å². The Morgan fingerprint density at radius 1 is 0.551 bits per heavy atom. The Balaban J connectivity index is 1.18. The zero-order valence-electron chi connectivity index (χ0n) is 27.3. The summed E-state index contributed by atoms with van der Waals surface area (Å²) in [6.45, 7) is 4.73. The first kappa shape index (κ1) is 28.3. The van der Waals surface area contributed by atoms with Crippen molar-refractivity contribution in [1.29, 1.82) is 0 Å². The average Bonchev–Trinajstić information content (AvgIpc) is 3.64. The highest BCUT2D eigenvalue weighted by molar-refractivity contribution is 7.25. The van der Waals surface area contributed by atoms with Crippen LogP contribution in [0.3, 0.4) is 0 Å². The Labute approximate surface area is 289 Å². The first-order valence-corrected chi connectivity index (χ1v) is 17.7. The fraction of sp³-hybridized carbons (Fsp3) is 0.0652. The highest BCUT2D eigenvalue weighted by Crippen LogP contribution is 2.52. The van der Waals surface area contributed by atoms with Crippen LogP contribution in [0.15, 0.2) is 158 Å². The van der Waals surface area contributed by atoms with Gasteiger partial charge in [-0.05, 0) is 92.0 Å². The third-order valence-corrected chi connectivity index (χ3v) is 11.5. The van der Waals surface area contributed by atoms with Crippen molar-refractivity contribution in [2.75, 3.05) is 4.90 Å². The Hall–Kier alpha value is -5.77. The van der Waals surface area contributed by atoms with E-state index in [0.29, 0.717) is 0 Å². The number of thiophene rings is 1. The van der Waals surface area contributed by atoms with Crippen LogP contribution < -0.4 is 4.90 Å². The lowest BCUT2D eigenvalue weighted by Gasteiger charge is -2.28. The fourth-order valence-electron chi connectivity index (χ4n) is 8.26. The minimum atomic E-state index is -0.0776. The predicted molar refractivity (Wildman–Crippen MR) is 210 cm³/mol. The van der Waals surface area contributed by atoms with Crippen molar-refractivity contribution in [3.8, 4) is 22.3 Å². The van der Waals surface area contributed by atoms with E-state index in [0.717, 1.165) is 21.9 Å². The van der Waals surface area contributed by atoms with Gasteiger partial charge in [0.05, 0.1) is 5.69 Å². The van der Waals surface area contributed by atoms with E-state index in [1.165, 1.54) is 70.4 Å². The Morgan fingerprint density at radius 3 is 2.12 bits per heavy atom. The topological polar surface area (TPSA) is 16.1 Å². The van der Waals surface area contributed by atoms with Crippen LogP contribution in [0.4, 0.5) is 17.1 Å². The maximum Gasteiger partial charge on any atom is 0.124 e. The van der Waals surface area contributed by atoms with Gasteiger partial charge in [-0.15, -0.1) is 11.3 Å². The molecule has 0 radical (unpaired) electrons. The number of hydrogen-bond donors (Lipinski definition) is 0. The van der Waals surface area contributed by atoms with Gasteiger partial charge in [0.2, 0.25) is 0 Å². The van der Waals surface area contributed by atoms with E-state index in [1.54, 1.807) is 11.3 Å². The van der Waals surface area contributed by atoms with Gasteiger partial charge in [0.25, 0.3) is 0 Å². The molecule has 3 heteroatoms. The van der Waals surface area contributed by atoms with Gasteiger partial charge >= 0.3 is 0 Å². The predicted octanol–water partition coefficient (Wildman–Crippen LogP) is 13.2. The molecule has 49 heavy (non-hydrogen) atoms. The van der Waals surface area contributed by atoms with Gasteiger partial charge in [0.1, 0.15) is 4.83 Å². The van der Waals surface area contributed by atoms with Crippen LogP contribution in [-0.2, 0) is 5.41 Å². The van der Waals surface area contributed by atoms with E-state index in [4.69, 9.17) is 4.98 Å². The monoisotopic (exact) mass is 644 g/mol. The van der Waals surface area contributed by atoms with Crippen molar-refractivity contribution in [3.05, 3.63) is 169 Å². The summed E-state index contributed by atoms with van der Waals surface area (Å²) in [6, 6.07) is 55.7. The molecule has 0 bridgehead atoms. The van der Waals surface area contributed by atoms with Crippen molar-refractivity contribution < 1.29 is 0 Å². The lowest BCUT2D eigenvalue weighted by molar-refractivity contribution is 0.662. The third kappa shape index (κ3) is 4.22. The number of rotatable bonds is 4. The molecule has 0 N–H and O–H groups in total. The van der Waals surface area contributed by atoms with E-state index >= 15 is 0 Å². The van der Waals surface area contributed by atoms with Crippen LogP contribution in [0.1, 0.15) is 25.0 Å². The van der Waals surface area contributed by atoms with Crippen molar-refractivity contribution in [3.63, 3.8) is 0 Å². The van der Waals surface area contributed by atoms with Gasteiger partial charge in [0.15, 0.2) is 0 Å². The van der Waals surface area contributed by atoms with Gasteiger partial charge in [-0.2, -0.15) is 0 Å². The van der Waals surface area contributed by atoms with E-state index in [2.05, 4.69) is 164 Å². The van der Waals surface area contributed by atoms with Crippen molar-refractivity contribution >= 4 is 70.2 Å². The zero-order chi connectivity index (χ0) is 32.7. The molecule has 1 aliphatic rings. The standard InChI is InChI=1S/C46H32N2S/c1-46(2)40-19-8-7-13-35(40)38-17-9-16-34(44(38)46)30-21-23-32(24-22-30)48(33-25-20-29-11-3-4-12-31(29)27-33)41-28-42-43(37-15-6-5-14-36(37)41)39-18-10-26-47-45(39)49-42/h3-28H,1-2H3. The third-order valence-electron chi connectivity index (χ3n) is 10.5. The molecule has 0 amide bonds. The van der Waals surface area contributed by atoms with Crippen molar-refractivity contribution in [2.24, 2.45) is 0 Å². The van der Waals surface area contributed by atoms with E-state index in [9.17, 15) is 0 Å². The SMILES string of the molecule is CC1(C)c2ccccc2-c2cccc(-c3ccc(N(c4ccc5ccccc5c4)c4cc5sc6ncccc6c5c5ccccc45)cc3)c21.